The van der Waals surface area contributed by atoms with Gasteiger partial charge in [0.05, 0.1) is 23.8 Å². The van der Waals surface area contributed by atoms with Crippen molar-refractivity contribution in [1.82, 2.24) is 9.97 Å². The van der Waals surface area contributed by atoms with E-state index in [2.05, 4.69) is 108 Å². The van der Waals surface area contributed by atoms with Crippen LogP contribution in [0.4, 0.5) is 0 Å². The number of fused-ring (bicyclic) bond motifs is 2. The summed E-state index contributed by atoms with van der Waals surface area (Å²) in [6.45, 7) is 0. The average Bonchev–Trinajstić information content (AvgIpc) is 3.03. The van der Waals surface area contributed by atoms with Gasteiger partial charge < -0.3 is 0 Å². The molecule has 0 fully saturated rings. The van der Waals surface area contributed by atoms with Crippen LogP contribution in [0.5, 0.6) is 0 Å². The summed E-state index contributed by atoms with van der Waals surface area (Å²) in [4.78, 5) is 9.68. The molecule has 0 N–H and O–H groups in total. The number of rotatable bonds is 2. The molecule has 0 unspecified atom stereocenters. The summed E-state index contributed by atoms with van der Waals surface area (Å²) in [5.41, 5.74) is 3.89. The Morgan fingerprint density at radius 2 is 0.850 bits per heavy atom. The monoisotopic (exact) mass is 506 g/mol. The second kappa shape index (κ2) is 8.08. The molecule has 0 saturated carbocycles. The first-order valence-corrected chi connectivity index (χ1v) is 13.7. The minimum absolute atomic E-state index is 0.876. The Labute approximate surface area is 230 Å². The van der Waals surface area contributed by atoms with E-state index in [0.29, 0.717) is 0 Å². The molecule has 2 heteroatoms. The zero-order valence-electron chi connectivity index (χ0n) is 21.6. The fourth-order valence-corrected chi connectivity index (χ4v) is 6.69. The maximum absolute atomic E-state index is 5.08. The lowest BCUT2D eigenvalue weighted by Crippen LogP contribution is -1.92. The van der Waals surface area contributed by atoms with Crippen LogP contribution < -0.4 is 0 Å². The molecule has 0 bridgehead atoms. The zero-order valence-corrected chi connectivity index (χ0v) is 21.6. The van der Waals surface area contributed by atoms with Crippen molar-refractivity contribution in [2.24, 2.45) is 0 Å². The first-order valence-electron chi connectivity index (χ1n) is 13.7. The van der Waals surface area contributed by atoms with Crippen molar-refractivity contribution in [3.05, 3.63) is 134 Å². The lowest BCUT2D eigenvalue weighted by atomic mass is 9.87. The van der Waals surface area contributed by atoms with Gasteiger partial charge in [-0.25, -0.2) is 4.98 Å². The normalized spacial score (nSPS) is 12.0. The Balaban J connectivity index is 1.51. The van der Waals surface area contributed by atoms with Gasteiger partial charge in [0, 0.05) is 11.1 Å². The summed E-state index contributed by atoms with van der Waals surface area (Å²) in [5, 5.41) is 15.3. The van der Waals surface area contributed by atoms with Crippen LogP contribution in [-0.2, 0) is 0 Å². The van der Waals surface area contributed by atoms with Crippen LogP contribution in [0.3, 0.4) is 0 Å². The van der Waals surface area contributed by atoms with Gasteiger partial charge in [-0.1, -0.05) is 109 Å². The van der Waals surface area contributed by atoms with Crippen LogP contribution in [0.1, 0.15) is 0 Å². The molecule has 1 aromatic heterocycles. The molecule has 2 nitrogen and oxygen atoms in total. The quantitative estimate of drug-likeness (QED) is 0.218. The Morgan fingerprint density at radius 1 is 0.350 bits per heavy atom. The van der Waals surface area contributed by atoms with E-state index >= 15 is 0 Å². The van der Waals surface area contributed by atoms with E-state index in [1.165, 1.54) is 64.6 Å². The standard InChI is InChI=1S/C38H22N2/c1-2-7-23(8-3-1)33-21-39-22-34(40-33)28-19-27-18-17-26-10-5-13-30-29-12-4-9-24-15-16-25-11-6-14-31(37(25)35(24)29)32(20-28)38(27)36(26)30/h1-22H. The van der Waals surface area contributed by atoms with Crippen molar-refractivity contribution in [2.75, 3.05) is 0 Å². The van der Waals surface area contributed by atoms with Crippen molar-refractivity contribution in [3.8, 4) is 22.5 Å². The van der Waals surface area contributed by atoms with Gasteiger partial charge >= 0.3 is 0 Å². The lowest BCUT2D eigenvalue weighted by Gasteiger charge is -2.17. The minimum atomic E-state index is 0.876. The third-order valence-corrected chi connectivity index (χ3v) is 8.42. The van der Waals surface area contributed by atoms with Gasteiger partial charge in [-0.15, -0.1) is 0 Å². The van der Waals surface area contributed by atoms with Crippen molar-refractivity contribution in [2.45, 2.75) is 0 Å². The van der Waals surface area contributed by atoms with E-state index in [0.717, 1.165) is 22.5 Å². The van der Waals surface area contributed by atoms with E-state index in [-0.39, 0.29) is 0 Å². The van der Waals surface area contributed by atoms with Crippen LogP contribution in [0, 0.1) is 0 Å². The average molecular weight is 507 g/mol. The molecule has 0 aliphatic carbocycles. The fraction of sp³-hybridized carbons (Fsp3) is 0. The van der Waals surface area contributed by atoms with Crippen molar-refractivity contribution in [3.63, 3.8) is 0 Å². The zero-order chi connectivity index (χ0) is 26.2. The van der Waals surface area contributed by atoms with Crippen LogP contribution in [0.15, 0.2) is 134 Å². The second-order valence-corrected chi connectivity index (χ2v) is 10.6. The molecule has 184 valence electrons. The van der Waals surface area contributed by atoms with Crippen molar-refractivity contribution >= 4 is 64.6 Å². The van der Waals surface area contributed by atoms with Crippen LogP contribution in [-0.4, -0.2) is 9.97 Å². The molecule has 0 aliphatic heterocycles. The summed E-state index contributed by atoms with van der Waals surface area (Å²) in [5.74, 6) is 0. The van der Waals surface area contributed by atoms with Crippen molar-refractivity contribution in [1.29, 1.82) is 0 Å². The van der Waals surface area contributed by atoms with Gasteiger partial charge in [-0.3, -0.25) is 4.98 Å². The molecule has 0 radical (unpaired) electrons. The highest BCUT2D eigenvalue weighted by atomic mass is 14.8. The number of aromatic nitrogens is 2. The SMILES string of the molecule is c1ccc(-c2cncc(-c3cc4ccc5cccc6c7cccc8ccc9cccc(c(c3)c4c56)c9c87)n2)cc1. The molecular formula is C38H22N2. The second-order valence-electron chi connectivity index (χ2n) is 10.6. The Kier molecular flexibility index (Phi) is 4.36. The molecule has 0 amide bonds. The number of benzene rings is 7. The van der Waals surface area contributed by atoms with Gasteiger partial charge in [-0.05, 0) is 76.8 Å². The van der Waals surface area contributed by atoms with E-state index < -0.39 is 0 Å². The predicted molar refractivity (Wildman–Crippen MR) is 169 cm³/mol. The minimum Gasteiger partial charge on any atom is -0.260 e. The summed E-state index contributed by atoms with van der Waals surface area (Å²) >= 11 is 0. The summed E-state index contributed by atoms with van der Waals surface area (Å²) < 4.78 is 0. The Morgan fingerprint density at radius 3 is 1.45 bits per heavy atom. The third-order valence-electron chi connectivity index (χ3n) is 8.42. The lowest BCUT2D eigenvalue weighted by molar-refractivity contribution is 1.21. The molecule has 0 atom stereocenters. The highest BCUT2D eigenvalue weighted by Gasteiger charge is 2.16. The van der Waals surface area contributed by atoms with Gasteiger partial charge in [0.25, 0.3) is 0 Å². The van der Waals surface area contributed by atoms with Crippen LogP contribution >= 0.6 is 0 Å². The van der Waals surface area contributed by atoms with E-state index in [1.54, 1.807) is 0 Å². The van der Waals surface area contributed by atoms with Crippen LogP contribution in [0.25, 0.3) is 87.1 Å². The third kappa shape index (κ3) is 2.99. The highest BCUT2D eigenvalue weighted by Crippen LogP contribution is 2.44. The fourth-order valence-electron chi connectivity index (χ4n) is 6.69. The molecular weight excluding hydrogens is 484 g/mol. The number of hydrogen-bond acceptors (Lipinski definition) is 2. The van der Waals surface area contributed by atoms with E-state index in [9.17, 15) is 0 Å². The van der Waals surface area contributed by atoms with Gasteiger partial charge in [-0.2, -0.15) is 0 Å². The molecule has 1 heterocycles. The molecule has 0 spiro atoms. The maximum Gasteiger partial charge on any atom is 0.0893 e. The summed E-state index contributed by atoms with van der Waals surface area (Å²) in [6, 6.07) is 44.1. The van der Waals surface area contributed by atoms with Gasteiger partial charge in [0.15, 0.2) is 0 Å². The van der Waals surface area contributed by atoms with E-state index in [1.807, 2.05) is 30.6 Å². The predicted octanol–water partition coefficient (Wildman–Crippen LogP) is 10.2. The highest BCUT2D eigenvalue weighted by molar-refractivity contribution is 6.37. The molecule has 40 heavy (non-hydrogen) atoms. The Hall–Kier alpha value is -5.34. The van der Waals surface area contributed by atoms with Crippen LogP contribution in [0.2, 0.25) is 0 Å². The largest absolute Gasteiger partial charge is 0.260 e. The molecule has 9 aromatic rings. The summed E-state index contributed by atoms with van der Waals surface area (Å²) in [7, 11) is 0. The molecule has 0 aliphatic rings. The first kappa shape index (κ1) is 21.6. The molecule has 8 aromatic carbocycles. The van der Waals surface area contributed by atoms with Crippen molar-refractivity contribution < 1.29 is 0 Å². The number of hydrogen-bond donors (Lipinski definition) is 0. The maximum atomic E-state index is 5.08. The molecule has 0 saturated heterocycles. The smallest absolute Gasteiger partial charge is 0.0893 e. The number of nitrogens with zero attached hydrogens (tertiary/aromatic N) is 2. The van der Waals surface area contributed by atoms with Gasteiger partial charge in [0.2, 0.25) is 0 Å². The van der Waals surface area contributed by atoms with Gasteiger partial charge in [0.1, 0.15) is 0 Å². The summed E-state index contributed by atoms with van der Waals surface area (Å²) in [6.07, 6.45) is 3.73. The topological polar surface area (TPSA) is 25.8 Å². The molecule has 9 rings (SSSR count). The van der Waals surface area contributed by atoms with E-state index in [4.69, 9.17) is 4.98 Å². The Bertz CT molecular complexity index is 2420. The first-order chi connectivity index (χ1) is 19.8.